The average Bonchev–Trinajstić information content (AvgIpc) is 2.26. The molecule has 0 radical (unpaired) electrons. The zero-order valence-electron chi connectivity index (χ0n) is 9.00. The van der Waals surface area contributed by atoms with Crippen LogP contribution in [0.5, 0.6) is 0 Å². The van der Waals surface area contributed by atoms with Crippen LogP contribution < -0.4 is 0 Å². The Morgan fingerprint density at radius 1 is 1.18 bits per heavy atom. The van der Waals surface area contributed by atoms with E-state index in [4.69, 9.17) is 24.4 Å². The maximum absolute atomic E-state index is 11.2. The van der Waals surface area contributed by atoms with E-state index in [9.17, 15) is 4.79 Å². The summed E-state index contributed by atoms with van der Waals surface area (Å²) in [6, 6.07) is 9.88. The predicted octanol–water partition coefficient (Wildman–Crippen LogP) is 3.32. The van der Waals surface area contributed by atoms with Gasteiger partial charge in [-0.2, -0.15) is 0 Å². The lowest BCUT2D eigenvalue weighted by Gasteiger charge is -2.11. The molecular weight excluding hydrogens is 288 g/mol. The highest BCUT2D eigenvalue weighted by atomic mass is 32.1. The van der Waals surface area contributed by atoms with Crippen LogP contribution in [0.25, 0.3) is 0 Å². The number of carbonyl (C=O) groups is 1. The smallest absolute Gasteiger partial charge is 0.195 e. The summed E-state index contributed by atoms with van der Waals surface area (Å²) in [7, 11) is 0. The molecule has 0 bridgehead atoms. The molecule has 1 aromatic rings. The summed E-state index contributed by atoms with van der Waals surface area (Å²) in [5.74, 6) is -0.465. The summed E-state index contributed by atoms with van der Waals surface area (Å²) in [5.41, 5.74) is 1.13. The number of hydrogen-bond donors (Lipinski definition) is 2. The summed E-state index contributed by atoms with van der Waals surface area (Å²) in [6.45, 7) is 0. The highest BCUT2D eigenvalue weighted by Crippen LogP contribution is 2.16. The minimum Gasteiger partial charge on any atom is -0.287 e. The van der Waals surface area contributed by atoms with Crippen molar-refractivity contribution in [3.63, 3.8) is 0 Å². The molecule has 0 fully saturated rings. The van der Waals surface area contributed by atoms with Crippen molar-refractivity contribution >= 4 is 63.9 Å². The second-order valence-electron chi connectivity index (χ2n) is 3.63. The maximum Gasteiger partial charge on any atom is 0.195 e. The number of hydrogen-bond acceptors (Lipinski definition) is 3. The Morgan fingerprint density at radius 3 is 2.24 bits per heavy atom. The van der Waals surface area contributed by atoms with E-state index in [1.807, 2.05) is 30.3 Å². The molecule has 0 aromatic heterocycles. The van der Waals surface area contributed by atoms with Crippen molar-refractivity contribution in [3.05, 3.63) is 35.9 Å². The molecule has 1 atom stereocenters. The molecule has 1 aromatic carbocycles. The third-order valence-electron chi connectivity index (χ3n) is 2.27. The average molecular weight is 300 g/mol. The van der Waals surface area contributed by atoms with Crippen LogP contribution in [-0.4, -0.2) is 14.2 Å². The molecule has 0 aliphatic rings. The van der Waals surface area contributed by atoms with E-state index in [0.29, 0.717) is 17.0 Å². The van der Waals surface area contributed by atoms with Crippen LogP contribution in [0.4, 0.5) is 0 Å². The molecule has 1 unspecified atom stereocenters. The van der Waals surface area contributed by atoms with Gasteiger partial charge >= 0.3 is 0 Å². The molecule has 0 saturated heterocycles. The van der Waals surface area contributed by atoms with E-state index in [1.165, 1.54) is 0 Å². The third-order valence-corrected chi connectivity index (χ3v) is 3.49. The molecule has 17 heavy (non-hydrogen) atoms. The zero-order valence-corrected chi connectivity index (χ0v) is 12.4. The van der Waals surface area contributed by atoms with Gasteiger partial charge in [0.25, 0.3) is 0 Å². The van der Waals surface area contributed by atoms with Crippen LogP contribution in [0.3, 0.4) is 0 Å². The topological polar surface area (TPSA) is 17.1 Å². The van der Waals surface area contributed by atoms with E-state index in [0.717, 1.165) is 10.4 Å². The Balaban J connectivity index is 2.60. The minimum atomic E-state index is -0.465. The first kappa shape index (κ1) is 14.8. The zero-order chi connectivity index (χ0) is 12.8. The van der Waals surface area contributed by atoms with Gasteiger partial charge in [-0.25, -0.2) is 0 Å². The van der Waals surface area contributed by atoms with Gasteiger partial charge in [0.1, 0.15) is 0 Å². The van der Waals surface area contributed by atoms with Gasteiger partial charge in [0.2, 0.25) is 0 Å². The highest BCUT2D eigenvalue weighted by Gasteiger charge is 2.19. The van der Waals surface area contributed by atoms with Crippen molar-refractivity contribution < 1.29 is 4.79 Å². The molecule has 1 rings (SSSR count). The van der Waals surface area contributed by atoms with Crippen molar-refractivity contribution in [1.29, 1.82) is 0 Å². The summed E-state index contributed by atoms with van der Waals surface area (Å²) in [6.07, 6.45) is 1.11. The van der Waals surface area contributed by atoms with Crippen molar-refractivity contribution in [2.45, 2.75) is 12.8 Å². The van der Waals surface area contributed by atoms with Crippen LogP contribution in [0, 0.1) is 5.92 Å². The molecule has 90 valence electrons. The number of carbonyl (C=O) groups excluding carboxylic acids is 1. The van der Waals surface area contributed by atoms with Crippen LogP contribution in [-0.2, 0) is 11.2 Å². The molecular formula is C12H12OS4. The summed E-state index contributed by atoms with van der Waals surface area (Å²) in [4.78, 5) is 12.0. The monoisotopic (exact) mass is 300 g/mol. The SMILES string of the molecule is O=C(S)C(CC(=S)Cc1ccccc1)C(=S)S. The molecule has 0 N–H and O–H groups in total. The maximum atomic E-state index is 11.2. The van der Waals surface area contributed by atoms with Gasteiger partial charge in [-0.15, -0.1) is 25.3 Å². The highest BCUT2D eigenvalue weighted by molar-refractivity contribution is 8.11. The van der Waals surface area contributed by atoms with Crippen molar-refractivity contribution in [1.82, 2.24) is 0 Å². The van der Waals surface area contributed by atoms with E-state index in [2.05, 4.69) is 25.3 Å². The van der Waals surface area contributed by atoms with E-state index in [-0.39, 0.29) is 5.12 Å². The molecule has 0 spiro atoms. The first-order chi connectivity index (χ1) is 8.00. The van der Waals surface area contributed by atoms with Gasteiger partial charge in [-0.3, -0.25) is 4.79 Å². The minimum absolute atomic E-state index is 0.277. The second-order valence-corrected chi connectivity index (χ2v) is 5.88. The number of rotatable bonds is 6. The Morgan fingerprint density at radius 2 is 1.76 bits per heavy atom. The third kappa shape index (κ3) is 5.29. The lowest BCUT2D eigenvalue weighted by atomic mass is 10.0. The van der Waals surface area contributed by atoms with Gasteiger partial charge in [-0.05, 0) is 16.8 Å². The quantitative estimate of drug-likeness (QED) is 0.620. The molecule has 5 heteroatoms. The van der Waals surface area contributed by atoms with Gasteiger partial charge in [0, 0.05) is 6.42 Å². The predicted molar refractivity (Wildman–Crippen MR) is 86.4 cm³/mol. The number of thiol groups is 2. The van der Waals surface area contributed by atoms with E-state index in [1.54, 1.807) is 0 Å². The standard InChI is InChI=1S/C12H12OS4/c13-11(15)10(12(16)17)7-9(14)6-8-4-2-1-3-5-8/h1-5,10H,6-7H2,(H,13,15)(H,16,17). The van der Waals surface area contributed by atoms with Crippen molar-refractivity contribution in [2.75, 3.05) is 0 Å². The van der Waals surface area contributed by atoms with Gasteiger partial charge in [-0.1, -0.05) is 54.8 Å². The largest absolute Gasteiger partial charge is 0.287 e. The second kappa shape index (κ2) is 7.26. The van der Waals surface area contributed by atoms with Crippen molar-refractivity contribution in [3.8, 4) is 0 Å². The molecule has 1 nitrogen and oxygen atoms in total. The molecule has 0 heterocycles. The fourth-order valence-corrected chi connectivity index (χ4v) is 2.55. The summed E-state index contributed by atoms with van der Waals surface area (Å²) < 4.78 is 0.348. The first-order valence-electron chi connectivity index (χ1n) is 5.02. The molecule has 0 aliphatic carbocycles. The Bertz CT molecular complexity index is 413. The lowest BCUT2D eigenvalue weighted by Crippen LogP contribution is -2.19. The lowest BCUT2D eigenvalue weighted by molar-refractivity contribution is -0.112. The Kier molecular flexibility index (Phi) is 6.33. The summed E-state index contributed by atoms with van der Waals surface area (Å²) >= 11 is 18.0. The first-order valence-corrected chi connectivity index (χ1v) is 6.73. The molecule has 0 aliphatic heterocycles. The molecule has 0 saturated carbocycles. The van der Waals surface area contributed by atoms with Crippen LogP contribution in [0.15, 0.2) is 30.3 Å². The van der Waals surface area contributed by atoms with Crippen LogP contribution in [0.2, 0.25) is 0 Å². The Labute approximate surface area is 123 Å². The number of thiocarbonyl (C=S) groups is 2. The molecule has 0 amide bonds. The summed E-state index contributed by atoms with van der Waals surface area (Å²) in [5, 5.41) is -0.277. The fraction of sp³-hybridized carbons (Fsp3) is 0.250. The van der Waals surface area contributed by atoms with Crippen molar-refractivity contribution in [2.24, 2.45) is 5.92 Å². The van der Waals surface area contributed by atoms with Crippen LogP contribution in [0.1, 0.15) is 12.0 Å². The Hall–Kier alpha value is -0.230. The van der Waals surface area contributed by atoms with Gasteiger partial charge < -0.3 is 0 Å². The number of benzene rings is 1. The van der Waals surface area contributed by atoms with Gasteiger partial charge in [0.05, 0.1) is 10.1 Å². The van der Waals surface area contributed by atoms with Gasteiger partial charge in [0.15, 0.2) is 5.12 Å². The normalized spacial score (nSPS) is 11.9. The van der Waals surface area contributed by atoms with Crippen LogP contribution >= 0.6 is 49.7 Å². The fourth-order valence-electron chi connectivity index (χ4n) is 1.40. The van der Waals surface area contributed by atoms with E-state index >= 15 is 0 Å². The van der Waals surface area contributed by atoms with E-state index < -0.39 is 5.92 Å².